The molecular weight excluding hydrogens is 321 g/mol. The summed E-state index contributed by atoms with van der Waals surface area (Å²) in [6.07, 6.45) is -0.389. The molecule has 20 heavy (non-hydrogen) atoms. The van der Waals surface area contributed by atoms with E-state index < -0.39 is 0 Å². The lowest BCUT2D eigenvalue weighted by atomic mass is 10.0. The maximum atomic E-state index is 14.0. The van der Waals surface area contributed by atoms with Gasteiger partial charge in [0.25, 0.3) is 0 Å². The smallest absolute Gasteiger partial charge is 0.167 e. The van der Waals surface area contributed by atoms with Crippen LogP contribution in [0.15, 0.2) is 46.9 Å². The van der Waals surface area contributed by atoms with Crippen molar-refractivity contribution in [2.75, 3.05) is 0 Å². The third-order valence-corrected chi connectivity index (χ3v) is 3.62. The molecular formula is C16H17BrFNO. The van der Waals surface area contributed by atoms with Crippen LogP contribution in [0.4, 0.5) is 4.39 Å². The average Bonchev–Trinajstić information content (AvgIpc) is 2.41. The lowest BCUT2D eigenvalue weighted by molar-refractivity contribution is 0.172. The standard InChI is InChI=1S/C16H17BrFNO/c1-10-4-3-5-14(15(10)18)20-16(11(2)19)12-6-8-13(17)9-7-12/h3-9,11,16H,19H2,1-2H3. The van der Waals surface area contributed by atoms with Crippen molar-refractivity contribution in [2.45, 2.75) is 26.0 Å². The minimum Gasteiger partial charge on any atom is -0.481 e. The molecule has 0 heterocycles. The first-order chi connectivity index (χ1) is 9.49. The van der Waals surface area contributed by atoms with Crippen molar-refractivity contribution in [1.29, 1.82) is 0 Å². The van der Waals surface area contributed by atoms with Crippen molar-refractivity contribution in [1.82, 2.24) is 0 Å². The van der Waals surface area contributed by atoms with E-state index in [1.807, 2.05) is 31.2 Å². The number of rotatable bonds is 4. The first kappa shape index (κ1) is 15.0. The summed E-state index contributed by atoms with van der Waals surface area (Å²) >= 11 is 3.39. The Morgan fingerprint density at radius 2 is 1.80 bits per heavy atom. The van der Waals surface area contributed by atoms with E-state index in [4.69, 9.17) is 10.5 Å². The van der Waals surface area contributed by atoms with E-state index in [0.29, 0.717) is 5.56 Å². The molecule has 0 bridgehead atoms. The van der Waals surface area contributed by atoms with Gasteiger partial charge in [-0.15, -0.1) is 0 Å². The van der Waals surface area contributed by atoms with Gasteiger partial charge in [0.15, 0.2) is 11.6 Å². The molecule has 0 aromatic heterocycles. The van der Waals surface area contributed by atoms with Gasteiger partial charge in [-0.25, -0.2) is 4.39 Å². The molecule has 0 fully saturated rings. The molecule has 0 saturated carbocycles. The highest BCUT2D eigenvalue weighted by Crippen LogP contribution is 2.28. The second kappa shape index (κ2) is 6.37. The summed E-state index contributed by atoms with van der Waals surface area (Å²) in [5.74, 6) is -0.106. The van der Waals surface area contributed by atoms with Crippen LogP contribution in [0.5, 0.6) is 5.75 Å². The van der Waals surface area contributed by atoms with Crippen LogP contribution in [-0.2, 0) is 0 Å². The van der Waals surface area contributed by atoms with Crippen molar-refractivity contribution < 1.29 is 9.13 Å². The summed E-state index contributed by atoms with van der Waals surface area (Å²) in [5.41, 5.74) is 7.46. The maximum absolute atomic E-state index is 14.0. The first-order valence-electron chi connectivity index (χ1n) is 6.42. The van der Waals surface area contributed by atoms with Gasteiger partial charge in [0, 0.05) is 10.5 Å². The third kappa shape index (κ3) is 3.38. The number of halogens is 2. The van der Waals surface area contributed by atoms with E-state index in [-0.39, 0.29) is 23.7 Å². The van der Waals surface area contributed by atoms with Gasteiger partial charge in [-0.1, -0.05) is 40.2 Å². The molecule has 0 radical (unpaired) electrons. The van der Waals surface area contributed by atoms with Crippen molar-refractivity contribution in [3.63, 3.8) is 0 Å². The Hall–Kier alpha value is -1.39. The molecule has 2 N–H and O–H groups in total. The van der Waals surface area contributed by atoms with E-state index in [2.05, 4.69) is 15.9 Å². The SMILES string of the molecule is Cc1cccc(OC(c2ccc(Br)cc2)C(C)N)c1F. The molecule has 0 aliphatic rings. The summed E-state index contributed by atoms with van der Waals surface area (Å²) in [6, 6.07) is 12.5. The average molecular weight is 338 g/mol. The van der Waals surface area contributed by atoms with Crippen LogP contribution in [-0.4, -0.2) is 6.04 Å². The minimum absolute atomic E-state index is 0.232. The highest BCUT2D eigenvalue weighted by atomic mass is 79.9. The van der Waals surface area contributed by atoms with Crippen LogP contribution in [0, 0.1) is 12.7 Å². The zero-order chi connectivity index (χ0) is 14.7. The van der Waals surface area contributed by atoms with Crippen LogP contribution in [0.3, 0.4) is 0 Å². The second-order valence-electron chi connectivity index (χ2n) is 4.84. The third-order valence-electron chi connectivity index (χ3n) is 3.09. The quantitative estimate of drug-likeness (QED) is 0.899. The summed E-state index contributed by atoms with van der Waals surface area (Å²) in [7, 11) is 0. The molecule has 2 atom stereocenters. The molecule has 0 spiro atoms. The maximum Gasteiger partial charge on any atom is 0.167 e. The van der Waals surface area contributed by atoms with Gasteiger partial charge in [0.2, 0.25) is 0 Å². The van der Waals surface area contributed by atoms with Gasteiger partial charge >= 0.3 is 0 Å². The van der Waals surface area contributed by atoms with Crippen LogP contribution < -0.4 is 10.5 Å². The molecule has 0 aliphatic carbocycles. The van der Waals surface area contributed by atoms with Gasteiger partial charge < -0.3 is 10.5 Å². The Morgan fingerprint density at radius 3 is 2.40 bits per heavy atom. The van der Waals surface area contributed by atoms with Crippen LogP contribution in [0.2, 0.25) is 0 Å². The van der Waals surface area contributed by atoms with E-state index in [1.165, 1.54) is 0 Å². The molecule has 2 rings (SSSR count). The van der Waals surface area contributed by atoms with Crippen LogP contribution in [0.1, 0.15) is 24.2 Å². The zero-order valence-electron chi connectivity index (χ0n) is 11.4. The summed E-state index contributed by atoms with van der Waals surface area (Å²) in [6.45, 7) is 3.56. The molecule has 2 unspecified atom stereocenters. The Bertz CT molecular complexity index is 584. The van der Waals surface area contributed by atoms with Gasteiger partial charge in [0.1, 0.15) is 6.10 Å². The van der Waals surface area contributed by atoms with Gasteiger partial charge in [-0.2, -0.15) is 0 Å². The highest BCUT2D eigenvalue weighted by Gasteiger charge is 2.20. The molecule has 0 amide bonds. The normalized spacial score (nSPS) is 13.8. The fraction of sp³-hybridized carbons (Fsp3) is 0.250. The molecule has 2 aromatic carbocycles. The minimum atomic E-state index is -0.389. The number of hydrogen-bond donors (Lipinski definition) is 1. The Morgan fingerprint density at radius 1 is 1.15 bits per heavy atom. The Balaban J connectivity index is 2.30. The highest BCUT2D eigenvalue weighted by molar-refractivity contribution is 9.10. The van der Waals surface area contributed by atoms with Crippen molar-refractivity contribution in [2.24, 2.45) is 5.73 Å². The number of aryl methyl sites for hydroxylation is 1. The van der Waals surface area contributed by atoms with E-state index in [9.17, 15) is 4.39 Å². The lowest BCUT2D eigenvalue weighted by Gasteiger charge is -2.23. The first-order valence-corrected chi connectivity index (χ1v) is 7.21. The van der Waals surface area contributed by atoms with E-state index >= 15 is 0 Å². The number of ether oxygens (including phenoxy) is 1. The number of benzene rings is 2. The van der Waals surface area contributed by atoms with Crippen molar-refractivity contribution in [3.05, 3.63) is 63.9 Å². The second-order valence-corrected chi connectivity index (χ2v) is 5.75. The van der Waals surface area contributed by atoms with Gasteiger partial charge in [0.05, 0.1) is 0 Å². The molecule has 2 nitrogen and oxygen atoms in total. The van der Waals surface area contributed by atoms with E-state index in [1.54, 1.807) is 25.1 Å². The fourth-order valence-corrected chi connectivity index (χ4v) is 2.24. The van der Waals surface area contributed by atoms with Crippen LogP contribution >= 0.6 is 15.9 Å². The lowest BCUT2D eigenvalue weighted by Crippen LogP contribution is -2.29. The fourth-order valence-electron chi connectivity index (χ4n) is 1.98. The number of hydrogen-bond acceptors (Lipinski definition) is 2. The topological polar surface area (TPSA) is 35.2 Å². The van der Waals surface area contributed by atoms with Crippen molar-refractivity contribution >= 4 is 15.9 Å². The summed E-state index contributed by atoms with van der Waals surface area (Å²) < 4.78 is 20.8. The summed E-state index contributed by atoms with van der Waals surface area (Å²) in [5, 5.41) is 0. The van der Waals surface area contributed by atoms with Crippen LogP contribution in [0.25, 0.3) is 0 Å². The molecule has 4 heteroatoms. The molecule has 0 saturated heterocycles. The van der Waals surface area contributed by atoms with Gasteiger partial charge in [-0.3, -0.25) is 0 Å². The molecule has 106 valence electrons. The van der Waals surface area contributed by atoms with Crippen molar-refractivity contribution in [3.8, 4) is 5.75 Å². The summed E-state index contributed by atoms with van der Waals surface area (Å²) in [4.78, 5) is 0. The predicted molar refractivity (Wildman–Crippen MR) is 82.3 cm³/mol. The Labute approximate surface area is 126 Å². The predicted octanol–water partition coefficient (Wildman–Crippen LogP) is 4.36. The Kier molecular flexibility index (Phi) is 4.78. The monoisotopic (exact) mass is 337 g/mol. The van der Waals surface area contributed by atoms with E-state index in [0.717, 1.165) is 10.0 Å². The molecule has 0 aliphatic heterocycles. The largest absolute Gasteiger partial charge is 0.481 e. The number of nitrogens with two attached hydrogens (primary N) is 1. The zero-order valence-corrected chi connectivity index (χ0v) is 13.0. The van der Waals surface area contributed by atoms with Gasteiger partial charge in [-0.05, 0) is 43.2 Å². The molecule has 2 aromatic rings.